The Hall–Kier alpha value is -2.77. The van der Waals surface area contributed by atoms with Crippen LogP contribution in [0.1, 0.15) is 79.2 Å². The molecule has 5 aliphatic rings. The minimum atomic E-state index is -4.81. The molecule has 0 spiro atoms. The zero-order valence-corrected chi connectivity index (χ0v) is 24.3. The van der Waals surface area contributed by atoms with Gasteiger partial charge in [-0.05, 0) is 57.7 Å². The van der Waals surface area contributed by atoms with E-state index in [1.54, 1.807) is 6.92 Å². The largest absolute Gasteiger partial charge is 0.461 e. The number of aryl methyl sites for hydroxylation is 1. The van der Waals surface area contributed by atoms with E-state index in [1.807, 2.05) is 0 Å². The number of nitrogens with zero attached hydrogens (tertiary/aromatic N) is 4. The number of hydrogen-bond donors (Lipinski definition) is 2. The van der Waals surface area contributed by atoms with E-state index in [0.717, 1.165) is 38.3 Å². The average Bonchev–Trinajstić information content (AvgIpc) is 3.58. The van der Waals surface area contributed by atoms with E-state index in [1.165, 1.54) is 6.92 Å². The highest BCUT2D eigenvalue weighted by atomic mass is 19.4. The van der Waals surface area contributed by atoms with Crippen LogP contribution in [-0.4, -0.2) is 71.4 Å². The van der Waals surface area contributed by atoms with Crippen molar-refractivity contribution < 1.29 is 31.4 Å². The van der Waals surface area contributed by atoms with Gasteiger partial charge >= 0.3 is 12.2 Å². The fourth-order valence-corrected chi connectivity index (χ4v) is 8.21. The molecule has 8 nitrogen and oxygen atoms in total. The van der Waals surface area contributed by atoms with Gasteiger partial charge in [-0.25, -0.2) is 8.78 Å². The van der Waals surface area contributed by atoms with Gasteiger partial charge in [0.2, 0.25) is 0 Å². The maximum Gasteiger partial charge on any atom is 0.417 e. The summed E-state index contributed by atoms with van der Waals surface area (Å²) in [5.74, 6) is -0.509. The van der Waals surface area contributed by atoms with E-state index in [9.17, 15) is 17.6 Å². The third kappa shape index (κ3) is 5.01. The van der Waals surface area contributed by atoms with E-state index in [2.05, 4.69) is 15.1 Å². The molecule has 234 valence electrons. The van der Waals surface area contributed by atoms with Crippen LogP contribution in [0.15, 0.2) is 6.07 Å². The molecule has 2 unspecified atom stereocenters. The Labute approximate surface area is 247 Å². The van der Waals surface area contributed by atoms with Gasteiger partial charge in [0.25, 0.3) is 0 Å². The number of nitrogens with two attached hydrogens (primary N) is 1. The molecule has 0 saturated carbocycles. The highest BCUT2D eigenvalue weighted by molar-refractivity contribution is 5.56. The third-order valence-electron chi connectivity index (χ3n) is 10.0. The summed E-state index contributed by atoms with van der Waals surface area (Å²) in [7, 11) is 0. The van der Waals surface area contributed by atoms with Crippen LogP contribution in [0, 0.1) is 12.7 Å². The molecular weight excluding hydrogens is 571 g/mol. The standard InChI is InChI=1S/C30H37F5N6O2/c1-15-8-20(36)26(32)24(25(15)30(33,34)35)22-9-21-23(16(2)43-22)27(40-12-18-4-5-19(13-40)37-18)39-28(38-21)42-14-29-6-3-7-41(29)11-17(31)10-29/h8,16-19,22,37H,3-7,9-14,36H2,1-2H3/t16-,17+,18?,19?,22-,29-/m0/s1. The number of rotatable bonds is 5. The van der Waals surface area contributed by atoms with Gasteiger partial charge in [0, 0.05) is 55.7 Å². The molecule has 0 radical (unpaired) electrons. The molecule has 13 heteroatoms. The van der Waals surface area contributed by atoms with E-state index in [0.29, 0.717) is 55.2 Å². The molecule has 1 aromatic heterocycles. The quantitative estimate of drug-likeness (QED) is 0.370. The summed E-state index contributed by atoms with van der Waals surface area (Å²) in [5, 5.41) is 3.60. The maximum atomic E-state index is 15.4. The molecule has 1 aromatic carbocycles. The van der Waals surface area contributed by atoms with E-state index in [4.69, 9.17) is 25.2 Å². The summed E-state index contributed by atoms with van der Waals surface area (Å²) in [5.41, 5.74) is 4.30. The van der Waals surface area contributed by atoms with Crippen molar-refractivity contribution in [3.63, 3.8) is 0 Å². The smallest absolute Gasteiger partial charge is 0.417 e. The van der Waals surface area contributed by atoms with Crippen molar-refractivity contribution in [2.24, 2.45) is 0 Å². The summed E-state index contributed by atoms with van der Waals surface area (Å²) < 4.78 is 85.0. The van der Waals surface area contributed by atoms with E-state index in [-0.39, 0.29) is 30.3 Å². The van der Waals surface area contributed by atoms with Crippen molar-refractivity contribution in [3.8, 4) is 6.01 Å². The first kappa shape index (κ1) is 29.0. The number of aromatic nitrogens is 2. The fourth-order valence-electron chi connectivity index (χ4n) is 8.21. The van der Waals surface area contributed by atoms with Gasteiger partial charge in [-0.15, -0.1) is 0 Å². The Morgan fingerprint density at radius 3 is 2.63 bits per heavy atom. The Balaban J connectivity index is 1.28. The summed E-state index contributed by atoms with van der Waals surface area (Å²) >= 11 is 0. The molecule has 5 aliphatic heterocycles. The van der Waals surface area contributed by atoms with Crippen molar-refractivity contribution in [2.45, 2.75) is 94.6 Å². The number of piperazine rings is 1. The first-order valence-corrected chi connectivity index (χ1v) is 15.2. The van der Waals surface area contributed by atoms with Crippen molar-refractivity contribution >= 4 is 11.5 Å². The summed E-state index contributed by atoms with van der Waals surface area (Å²) in [4.78, 5) is 13.9. The number of halogens is 5. The summed E-state index contributed by atoms with van der Waals surface area (Å²) in [6, 6.07) is 1.69. The molecule has 6 atom stereocenters. The molecule has 0 amide bonds. The predicted molar refractivity (Wildman–Crippen MR) is 149 cm³/mol. The van der Waals surface area contributed by atoms with Crippen molar-refractivity contribution in [2.75, 3.05) is 43.4 Å². The van der Waals surface area contributed by atoms with E-state index < -0.39 is 47.0 Å². The fraction of sp³-hybridized carbons (Fsp3) is 0.667. The van der Waals surface area contributed by atoms with Crippen LogP contribution in [-0.2, 0) is 17.3 Å². The Morgan fingerprint density at radius 2 is 1.91 bits per heavy atom. The van der Waals surface area contributed by atoms with Gasteiger partial charge in [0.15, 0.2) is 5.82 Å². The highest BCUT2D eigenvalue weighted by Crippen LogP contribution is 2.48. The van der Waals surface area contributed by atoms with Crippen molar-refractivity contribution in [3.05, 3.63) is 39.8 Å². The topological polar surface area (TPSA) is 88.8 Å². The first-order chi connectivity index (χ1) is 20.4. The lowest BCUT2D eigenvalue weighted by molar-refractivity contribution is -0.141. The zero-order chi connectivity index (χ0) is 30.3. The number of nitrogens with one attached hydrogen (secondary N) is 1. The molecule has 0 aliphatic carbocycles. The molecule has 3 N–H and O–H groups in total. The SMILES string of the molecule is Cc1cc(N)c(F)c([C@@H]2Cc3nc(OC[C@@]45CCCN4C[C@H](F)C5)nc(N4CC5CCC(C4)N5)c3[C@H](C)O2)c1C(F)(F)F. The van der Waals surface area contributed by atoms with Gasteiger partial charge in [0.1, 0.15) is 18.6 Å². The molecule has 4 saturated heterocycles. The van der Waals surface area contributed by atoms with Crippen LogP contribution in [0.3, 0.4) is 0 Å². The van der Waals surface area contributed by atoms with Crippen LogP contribution < -0.4 is 20.7 Å². The van der Waals surface area contributed by atoms with Crippen LogP contribution in [0.25, 0.3) is 0 Å². The third-order valence-corrected chi connectivity index (χ3v) is 10.0. The van der Waals surface area contributed by atoms with Gasteiger partial charge < -0.3 is 25.4 Å². The molecule has 7 rings (SSSR count). The van der Waals surface area contributed by atoms with Crippen molar-refractivity contribution in [1.29, 1.82) is 0 Å². The number of benzene rings is 1. The maximum absolute atomic E-state index is 15.4. The summed E-state index contributed by atoms with van der Waals surface area (Å²) in [6.07, 6.45) is -3.60. The Kier molecular flexibility index (Phi) is 7.01. The minimum absolute atomic E-state index is 0.0938. The lowest BCUT2D eigenvalue weighted by Gasteiger charge is -2.38. The van der Waals surface area contributed by atoms with Crippen LogP contribution in [0.4, 0.5) is 33.5 Å². The minimum Gasteiger partial charge on any atom is -0.461 e. The number of ether oxygens (including phenoxy) is 2. The number of fused-ring (bicyclic) bond motifs is 4. The zero-order valence-electron chi connectivity index (χ0n) is 24.3. The monoisotopic (exact) mass is 608 g/mol. The predicted octanol–water partition coefficient (Wildman–Crippen LogP) is 4.80. The van der Waals surface area contributed by atoms with Crippen LogP contribution in [0.2, 0.25) is 0 Å². The number of anilines is 2. The summed E-state index contributed by atoms with van der Waals surface area (Å²) in [6.45, 7) is 5.82. The molecule has 43 heavy (non-hydrogen) atoms. The number of nitrogen functional groups attached to an aromatic ring is 1. The highest BCUT2D eigenvalue weighted by Gasteiger charge is 2.50. The second-order valence-electron chi connectivity index (χ2n) is 13.0. The van der Waals surface area contributed by atoms with Gasteiger partial charge in [-0.3, -0.25) is 4.90 Å². The van der Waals surface area contributed by atoms with Crippen LogP contribution in [0.5, 0.6) is 6.01 Å². The first-order valence-electron chi connectivity index (χ1n) is 15.2. The lowest BCUT2D eigenvalue weighted by atomic mass is 9.89. The molecule has 2 aromatic rings. The van der Waals surface area contributed by atoms with Crippen LogP contribution >= 0.6 is 0 Å². The Morgan fingerprint density at radius 1 is 1.16 bits per heavy atom. The second-order valence-corrected chi connectivity index (χ2v) is 13.0. The van der Waals surface area contributed by atoms with Gasteiger partial charge in [-0.1, -0.05) is 0 Å². The second kappa shape index (κ2) is 10.4. The lowest BCUT2D eigenvalue weighted by Crippen LogP contribution is -2.52. The molecule has 2 bridgehead atoms. The normalized spacial score (nSPS) is 32.3. The van der Waals surface area contributed by atoms with E-state index >= 15 is 4.39 Å². The molecule has 6 heterocycles. The van der Waals surface area contributed by atoms with Gasteiger partial charge in [-0.2, -0.15) is 23.1 Å². The van der Waals surface area contributed by atoms with Crippen molar-refractivity contribution in [1.82, 2.24) is 20.2 Å². The molecule has 4 fully saturated rings. The average molecular weight is 609 g/mol. The Bertz CT molecular complexity index is 1410. The molecular formula is C30H37F5N6O2. The number of hydrogen-bond acceptors (Lipinski definition) is 8. The number of alkyl halides is 4. The van der Waals surface area contributed by atoms with Gasteiger partial charge in [0.05, 0.1) is 34.7 Å².